The Labute approximate surface area is 78.2 Å². The Morgan fingerprint density at radius 1 is 1.69 bits per heavy atom. The van der Waals surface area contributed by atoms with Crippen molar-refractivity contribution in [1.82, 2.24) is 10.2 Å². The number of nitrogens with two attached hydrogens (primary N) is 1. The number of aryl methyl sites for hydroxylation is 1. The van der Waals surface area contributed by atoms with Crippen molar-refractivity contribution >= 4 is 0 Å². The fourth-order valence-electron chi connectivity index (χ4n) is 1.30. The second-order valence-electron chi connectivity index (χ2n) is 4.16. The smallest absolute Gasteiger partial charge is 0.0840 e. The lowest BCUT2D eigenvalue weighted by molar-refractivity contribution is 0.141. The molecule has 1 aromatic heterocycles. The van der Waals surface area contributed by atoms with E-state index in [1.807, 2.05) is 20.8 Å². The van der Waals surface area contributed by atoms with Crippen molar-refractivity contribution in [2.75, 3.05) is 0 Å². The van der Waals surface area contributed by atoms with Gasteiger partial charge < -0.3 is 10.8 Å². The molecule has 0 aromatic carbocycles. The summed E-state index contributed by atoms with van der Waals surface area (Å²) in [6, 6.07) is 0. The molecule has 0 radical (unpaired) electrons. The van der Waals surface area contributed by atoms with Crippen LogP contribution in [0.5, 0.6) is 0 Å². The molecule has 4 heteroatoms. The van der Waals surface area contributed by atoms with Crippen molar-refractivity contribution in [2.24, 2.45) is 5.73 Å². The van der Waals surface area contributed by atoms with E-state index >= 15 is 0 Å². The van der Waals surface area contributed by atoms with Gasteiger partial charge in [-0.15, -0.1) is 0 Å². The third-order valence-corrected chi connectivity index (χ3v) is 1.95. The van der Waals surface area contributed by atoms with Gasteiger partial charge in [-0.2, -0.15) is 5.10 Å². The van der Waals surface area contributed by atoms with Crippen LogP contribution in [0.2, 0.25) is 0 Å². The molecule has 1 aromatic rings. The van der Waals surface area contributed by atoms with Gasteiger partial charge in [-0.1, -0.05) is 0 Å². The van der Waals surface area contributed by atoms with Crippen molar-refractivity contribution in [1.29, 1.82) is 0 Å². The van der Waals surface area contributed by atoms with Gasteiger partial charge >= 0.3 is 0 Å². The molecular formula is C9H17N3O. The van der Waals surface area contributed by atoms with Crippen molar-refractivity contribution in [3.63, 3.8) is 0 Å². The van der Waals surface area contributed by atoms with Crippen LogP contribution in [0.4, 0.5) is 0 Å². The van der Waals surface area contributed by atoms with E-state index in [1.54, 1.807) is 6.20 Å². The Bertz CT molecular complexity index is 275. The third kappa shape index (κ3) is 2.82. The molecule has 1 atom stereocenters. The highest BCUT2D eigenvalue weighted by Crippen LogP contribution is 2.23. The zero-order valence-electron chi connectivity index (χ0n) is 8.33. The second-order valence-corrected chi connectivity index (χ2v) is 4.16. The molecule has 4 N–H and O–H groups in total. The monoisotopic (exact) mass is 183 g/mol. The number of nitrogens with zero attached hydrogens (tertiary/aromatic N) is 1. The zero-order chi connectivity index (χ0) is 10.1. The number of H-pyrrole nitrogens is 1. The van der Waals surface area contributed by atoms with Crippen LogP contribution in [0.15, 0.2) is 6.20 Å². The van der Waals surface area contributed by atoms with E-state index in [2.05, 4.69) is 10.2 Å². The van der Waals surface area contributed by atoms with E-state index in [-0.39, 0.29) is 5.54 Å². The number of hydrogen-bond acceptors (Lipinski definition) is 3. The minimum atomic E-state index is -0.529. The molecule has 4 nitrogen and oxygen atoms in total. The van der Waals surface area contributed by atoms with Gasteiger partial charge in [0, 0.05) is 16.8 Å². The van der Waals surface area contributed by atoms with Crippen molar-refractivity contribution in [3.8, 4) is 0 Å². The standard InChI is InChI=1S/C9H17N3O/c1-6-7(5-11-12-6)8(13)4-9(2,3)10/h5,8,13H,4,10H2,1-3H3,(H,11,12). The number of aliphatic hydroxyl groups is 1. The molecule has 1 rings (SSSR count). The molecule has 0 aliphatic heterocycles. The first-order valence-corrected chi connectivity index (χ1v) is 4.37. The van der Waals surface area contributed by atoms with E-state index in [0.29, 0.717) is 6.42 Å². The first kappa shape index (κ1) is 10.2. The van der Waals surface area contributed by atoms with Crippen LogP contribution < -0.4 is 5.73 Å². The first-order valence-electron chi connectivity index (χ1n) is 4.37. The SMILES string of the molecule is Cc1[nH]ncc1C(O)CC(C)(C)N. The summed E-state index contributed by atoms with van der Waals surface area (Å²) < 4.78 is 0. The summed E-state index contributed by atoms with van der Waals surface area (Å²) in [5.74, 6) is 0. The first-order chi connectivity index (χ1) is 5.90. The van der Waals surface area contributed by atoms with Gasteiger partial charge in [0.2, 0.25) is 0 Å². The predicted octanol–water partition coefficient (Wildman–Crippen LogP) is 0.879. The molecule has 0 saturated heterocycles. The van der Waals surface area contributed by atoms with E-state index < -0.39 is 6.10 Å². The van der Waals surface area contributed by atoms with Crippen molar-refractivity contribution in [3.05, 3.63) is 17.5 Å². The molecule has 0 saturated carbocycles. The van der Waals surface area contributed by atoms with Gasteiger partial charge in [0.1, 0.15) is 0 Å². The van der Waals surface area contributed by atoms with Gasteiger partial charge in [-0.3, -0.25) is 5.10 Å². The number of aliphatic hydroxyl groups excluding tert-OH is 1. The van der Waals surface area contributed by atoms with Crippen molar-refractivity contribution < 1.29 is 5.11 Å². The van der Waals surface area contributed by atoms with Crippen LogP contribution in [0, 0.1) is 6.92 Å². The maximum absolute atomic E-state index is 9.79. The lowest BCUT2D eigenvalue weighted by Crippen LogP contribution is -2.33. The van der Waals surface area contributed by atoms with Crippen molar-refractivity contribution in [2.45, 2.75) is 38.8 Å². The van der Waals surface area contributed by atoms with E-state index in [4.69, 9.17) is 5.73 Å². The molecule has 1 heterocycles. The number of aromatic amines is 1. The normalized spacial score (nSPS) is 14.5. The third-order valence-electron chi connectivity index (χ3n) is 1.95. The Balaban J connectivity index is 2.69. The summed E-state index contributed by atoms with van der Waals surface area (Å²) in [5, 5.41) is 16.4. The summed E-state index contributed by atoms with van der Waals surface area (Å²) in [6.07, 6.45) is 1.65. The molecular weight excluding hydrogens is 166 g/mol. The van der Waals surface area contributed by atoms with Crippen LogP contribution in [0.3, 0.4) is 0 Å². The van der Waals surface area contributed by atoms with Crippen LogP contribution in [-0.2, 0) is 0 Å². The second kappa shape index (κ2) is 3.47. The fourth-order valence-corrected chi connectivity index (χ4v) is 1.30. The quantitative estimate of drug-likeness (QED) is 0.651. The maximum atomic E-state index is 9.79. The minimum absolute atomic E-state index is 0.358. The molecule has 0 aliphatic carbocycles. The lowest BCUT2D eigenvalue weighted by Gasteiger charge is -2.22. The summed E-state index contributed by atoms with van der Waals surface area (Å²) in [6.45, 7) is 5.67. The number of rotatable bonds is 3. The molecule has 74 valence electrons. The predicted molar refractivity (Wildman–Crippen MR) is 51.2 cm³/mol. The number of hydrogen-bond donors (Lipinski definition) is 3. The molecule has 1 unspecified atom stereocenters. The highest BCUT2D eigenvalue weighted by atomic mass is 16.3. The topological polar surface area (TPSA) is 74.9 Å². The molecule has 0 spiro atoms. The summed E-state index contributed by atoms with van der Waals surface area (Å²) in [4.78, 5) is 0. The highest BCUT2D eigenvalue weighted by molar-refractivity contribution is 5.17. The fraction of sp³-hybridized carbons (Fsp3) is 0.667. The highest BCUT2D eigenvalue weighted by Gasteiger charge is 2.20. The Kier molecular flexibility index (Phi) is 2.73. The molecule has 0 aliphatic rings. The van der Waals surface area contributed by atoms with E-state index in [0.717, 1.165) is 11.3 Å². The van der Waals surface area contributed by atoms with E-state index in [1.165, 1.54) is 0 Å². The van der Waals surface area contributed by atoms with Gasteiger partial charge in [-0.25, -0.2) is 0 Å². The Morgan fingerprint density at radius 2 is 2.31 bits per heavy atom. The Morgan fingerprint density at radius 3 is 2.69 bits per heavy atom. The van der Waals surface area contributed by atoms with Crippen LogP contribution in [0.1, 0.15) is 37.6 Å². The molecule has 0 amide bonds. The van der Waals surface area contributed by atoms with E-state index in [9.17, 15) is 5.11 Å². The summed E-state index contributed by atoms with van der Waals surface area (Å²) >= 11 is 0. The molecule has 13 heavy (non-hydrogen) atoms. The minimum Gasteiger partial charge on any atom is -0.388 e. The largest absolute Gasteiger partial charge is 0.388 e. The lowest BCUT2D eigenvalue weighted by atomic mass is 9.94. The average Bonchev–Trinajstić information content (AvgIpc) is 2.30. The van der Waals surface area contributed by atoms with Gasteiger partial charge in [0.15, 0.2) is 0 Å². The molecule has 0 bridgehead atoms. The maximum Gasteiger partial charge on any atom is 0.0840 e. The number of aromatic nitrogens is 2. The number of nitrogens with one attached hydrogen (secondary N) is 1. The van der Waals surface area contributed by atoms with Crippen LogP contribution in [0.25, 0.3) is 0 Å². The van der Waals surface area contributed by atoms with Gasteiger partial charge in [0.25, 0.3) is 0 Å². The average molecular weight is 183 g/mol. The van der Waals surface area contributed by atoms with Crippen LogP contribution >= 0.6 is 0 Å². The van der Waals surface area contributed by atoms with Gasteiger partial charge in [0.05, 0.1) is 12.3 Å². The van der Waals surface area contributed by atoms with Crippen LogP contribution in [-0.4, -0.2) is 20.8 Å². The van der Waals surface area contributed by atoms with Gasteiger partial charge in [-0.05, 0) is 27.2 Å². The zero-order valence-corrected chi connectivity index (χ0v) is 8.33. The Hall–Kier alpha value is -0.870. The summed E-state index contributed by atoms with van der Waals surface area (Å²) in [5.41, 5.74) is 7.18. The summed E-state index contributed by atoms with van der Waals surface area (Å²) in [7, 11) is 0. The molecule has 0 fully saturated rings.